The molecule has 6 aromatic rings. The van der Waals surface area contributed by atoms with Gasteiger partial charge in [-0.2, -0.15) is 10.2 Å². The fourth-order valence-electron chi connectivity index (χ4n) is 6.13. The Morgan fingerprint density at radius 1 is 0.949 bits per heavy atom. The second kappa shape index (κ2) is 8.40. The highest BCUT2D eigenvalue weighted by Crippen LogP contribution is 2.40. The van der Waals surface area contributed by atoms with E-state index in [0.29, 0.717) is 23.1 Å². The number of benzene rings is 2. The minimum atomic E-state index is -0.632. The van der Waals surface area contributed by atoms with Crippen molar-refractivity contribution in [1.29, 1.82) is 0 Å². The van der Waals surface area contributed by atoms with Crippen molar-refractivity contribution >= 4 is 22.2 Å². The smallest absolute Gasteiger partial charge is 0.164 e. The normalized spacial score (nSPS) is 18.6. The van der Waals surface area contributed by atoms with Crippen molar-refractivity contribution in [3.63, 3.8) is 0 Å². The SMILES string of the molecule is Fc1cc(N2C[C@H]3C[C@@H]2CN3)cc(F)c1-c1ccnc2c(-c3cccc4[nH]ncc34)c(-c3ccncc3)nn12. The van der Waals surface area contributed by atoms with Crippen LogP contribution in [0.25, 0.3) is 50.2 Å². The lowest BCUT2D eigenvalue weighted by Gasteiger charge is -2.30. The van der Waals surface area contributed by atoms with E-state index in [1.807, 2.05) is 30.3 Å². The Morgan fingerprint density at radius 2 is 1.79 bits per heavy atom. The van der Waals surface area contributed by atoms with Gasteiger partial charge >= 0.3 is 0 Å². The van der Waals surface area contributed by atoms with E-state index in [-0.39, 0.29) is 17.3 Å². The Bertz CT molecular complexity index is 1860. The van der Waals surface area contributed by atoms with Gasteiger partial charge in [-0.05, 0) is 48.4 Å². The largest absolute Gasteiger partial charge is 0.365 e. The summed E-state index contributed by atoms with van der Waals surface area (Å²) < 4.78 is 33.1. The molecule has 2 aromatic carbocycles. The quantitative estimate of drug-likeness (QED) is 0.346. The molecular formula is C29H22F2N8. The van der Waals surface area contributed by atoms with Crippen LogP contribution in [0.4, 0.5) is 14.5 Å². The average molecular weight is 521 g/mol. The van der Waals surface area contributed by atoms with Gasteiger partial charge in [0.1, 0.15) is 17.3 Å². The fraction of sp³-hybridized carbons (Fsp3) is 0.172. The fourth-order valence-corrected chi connectivity index (χ4v) is 6.13. The third kappa shape index (κ3) is 3.38. The van der Waals surface area contributed by atoms with Crippen molar-refractivity contribution in [1.82, 2.24) is 35.1 Å². The second-order valence-electron chi connectivity index (χ2n) is 10.1. The summed E-state index contributed by atoms with van der Waals surface area (Å²) in [5.74, 6) is -1.26. The Morgan fingerprint density at radius 3 is 2.56 bits per heavy atom. The molecule has 0 aliphatic carbocycles. The number of halogens is 2. The summed E-state index contributed by atoms with van der Waals surface area (Å²) in [7, 11) is 0. The van der Waals surface area contributed by atoms with Crippen LogP contribution in [-0.4, -0.2) is 55.0 Å². The number of anilines is 1. The van der Waals surface area contributed by atoms with Crippen molar-refractivity contribution in [3.05, 3.63) is 85.0 Å². The van der Waals surface area contributed by atoms with Gasteiger partial charge in [0.2, 0.25) is 0 Å². The number of rotatable bonds is 4. The lowest BCUT2D eigenvalue weighted by Crippen LogP contribution is -2.43. The molecule has 4 aromatic heterocycles. The van der Waals surface area contributed by atoms with Crippen LogP contribution < -0.4 is 10.2 Å². The van der Waals surface area contributed by atoms with Gasteiger partial charge in [-0.1, -0.05) is 12.1 Å². The first-order chi connectivity index (χ1) is 19.2. The molecule has 0 radical (unpaired) electrons. The number of H-pyrrole nitrogens is 1. The highest BCUT2D eigenvalue weighted by molar-refractivity contribution is 6.02. The summed E-state index contributed by atoms with van der Waals surface area (Å²) >= 11 is 0. The molecule has 8 rings (SSSR count). The number of nitrogens with zero attached hydrogens (tertiary/aromatic N) is 6. The van der Waals surface area contributed by atoms with Crippen molar-refractivity contribution < 1.29 is 8.78 Å². The molecule has 2 N–H and O–H groups in total. The van der Waals surface area contributed by atoms with Gasteiger partial charge in [0.05, 0.1) is 28.5 Å². The summed E-state index contributed by atoms with van der Waals surface area (Å²) in [5.41, 5.74) is 5.11. The third-order valence-electron chi connectivity index (χ3n) is 7.90. The maximum absolute atomic E-state index is 15.8. The molecule has 39 heavy (non-hydrogen) atoms. The summed E-state index contributed by atoms with van der Waals surface area (Å²) in [6.07, 6.45) is 7.70. The number of hydrogen-bond acceptors (Lipinski definition) is 6. The van der Waals surface area contributed by atoms with E-state index < -0.39 is 11.6 Å². The first-order valence-electron chi connectivity index (χ1n) is 12.9. The number of aromatic nitrogens is 6. The number of fused-ring (bicyclic) bond motifs is 4. The number of piperazine rings is 1. The molecule has 0 amide bonds. The predicted molar refractivity (Wildman–Crippen MR) is 144 cm³/mol. The molecule has 2 aliphatic rings. The van der Waals surface area contributed by atoms with E-state index in [2.05, 4.69) is 30.4 Å². The van der Waals surface area contributed by atoms with E-state index >= 15 is 8.78 Å². The summed E-state index contributed by atoms with van der Waals surface area (Å²) in [5, 5.41) is 16.4. The molecule has 0 spiro atoms. The highest BCUT2D eigenvalue weighted by atomic mass is 19.1. The van der Waals surface area contributed by atoms with Gasteiger partial charge in [-0.25, -0.2) is 18.3 Å². The first kappa shape index (κ1) is 22.3. The molecule has 8 nitrogen and oxygen atoms in total. The Labute approximate surface area is 221 Å². The zero-order valence-corrected chi connectivity index (χ0v) is 20.6. The summed E-state index contributed by atoms with van der Waals surface area (Å²) in [6, 6.07) is 14.7. The first-order valence-corrected chi connectivity index (χ1v) is 12.9. The number of nitrogens with one attached hydrogen (secondary N) is 2. The van der Waals surface area contributed by atoms with E-state index in [0.717, 1.165) is 47.1 Å². The number of aromatic amines is 1. The van der Waals surface area contributed by atoms with E-state index in [1.165, 1.54) is 16.6 Å². The van der Waals surface area contributed by atoms with Crippen molar-refractivity contribution in [2.75, 3.05) is 18.0 Å². The average Bonchev–Trinajstić information content (AvgIpc) is 3.76. The lowest BCUT2D eigenvalue weighted by molar-refractivity contribution is 0.566. The monoisotopic (exact) mass is 520 g/mol. The minimum Gasteiger partial charge on any atom is -0.365 e. The standard InChI is InChI=1S/C29H22F2N8/c30-22-11-18(38-15-17-10-19(38)13-34-17)12-23(31)27(22)25-6-9-33-29-26(20-2-1-3-24-21(20)14-35-36-24)28(37-39(25)29)16-4-7-32-8-5-16/h1-9,11-12,14,17,19,34H,10,13,15H2,(H,35,36)/t17-,19-/m1/s1. The molecule has 2 atom stereocenters. The molecule has 2 saturated heterocycles. The van der Waals surface area contributed by atoms with E-state index in [1.54, 1.807) is 30.9 Å². The van der Waals surface area contributed by atoms with Gasteiger partial charge in [0.25, 0.3) is 0 Å². The van der Waals surface area contributed by atoms with Gasteiger partial charge in [-0.3, -0.25) is 10.1 Å². The van der Waals surface area contributed by atoms with Crippen LogP contribution in [0.2, 0.25) is 0 Å². The molecule has 0 unspecified atom stereocenters. The summed E-state index contributed by atoms with van der Waals surface area (Å²) in [6.45, 7) is 1.58. The zero-order chi connectivity index (χ0) is 26.1. The van der Waals surface area contributed by atoms with E-state index in [9.17, 15) is 0 Å². The topological polar surface area (TPSA) is 87.0 Å². The highest BCUT2D eigenvalue weighted by Gasteiger charge is 2.38. The lowest BCUT2D eigenvalue weighted by atomic mass is 9.99. The van der Waals surface area contributed by atoms with Crippen molar-refractivity contribution in [3.8, 4) is 33.6 Å². The molecule has 6 heterocycles. The zero-order valence-electron chi connectivity index (χ0n) is 20.6. The van der Waals surface area contributed by atoms with Crippen LogP contribution >= 0.6 is 0 Å². The van der Waals surface area contributed by atoms with Crippen molar-refractivity contribution in [2.45, 2.75) is 18.5 Å². The third-order valence-corrected chi connectivity index (χ3v) is 7.90. The van der Waals surface area contributed by atoms with Crippen LogP contribution in [0, 0.1) is 11.6 Å². The maximum atomic E-state index is 15.8. The predicted octanol–water partition coefficient (Wildman–Crippen LogP) is 4.83. The molecule has 2 fully saturated rings. The van der Waals surface area contributed by atoms with Crippen LogP contribution in [0.5, 0.6) is 0 Å². The van der Waals surface area contributed by atoms with Crippen LogP contribution in [0.1, 0.15) is 6.42 Å². The van der Waals surface area contributed by atoms with Crippen molar-refractivity contribution in [2.24, 2.45) is 0 Å². The molecule has 2 bridgehead atoms. The second-order valence-corrected chi connectivity index (χ2v) is 10.1. The Balaban J connectivity index is 1.35. The minimum absolute atomic E-state index is 0.134. The van der Waals surface area contributed by atoms with Gasteiger partial charge in [-0.15, -0.1) is 0 Å². The molecule has 0 saturated carbocycles. The number of pyridine rings is 1. The van der Waals surface area contributed by atoms with Crippen LogP contribution in [-0.2, 0) is 0 Å². The van der Waals surface area contributed by atoms with Gasteiger partial charge in [0.15, 0.2) is 5.65 Å². The van der Waals surface area contributed by atoms with Crippen LogP contribution in [0.15, 0.2) is 73.3 Å². The molecular weight excluding hydrogens is 498 g/mol. The number of hydrogen-bond donors (Lipinski definition) is 2. The van der Waals surface area contributed by atoms with Gasteiger partial charge < -0.3 is 10.2 Å². The summed E-state index contributed by atoms with van der Waals surface area (Å²) in [4.78, 5) is 10.9. The molecule has 10 heteroatoms. The Kier molecular flexibility index (Phi) is 4.80. The Hall–Kier alpha value is -4.70. The molecule has 192 valence electrons. The molecule has 2 aliphatic heterocycles. The maximum Gasteiger partial charge on any atom is 0.164 e. The van der Waals surface area contributed by atoms with E-state index in [4.69, 9.17) is 5.10 Å². The van der Waals surface area contributed by atoms with Crippen LogP contribution in [0.3, 0.4) is 0 Å². The van der Waals surface area contributed by atoms with Gasteiger partial charge in [0, 0.05) is 60.4 Å².